The van der Waals surface area contributed by atoms with Crippen molar-refractivity contribution in [1.82, 2.24) is 15.6 Å². The predicted octanol–water partition coefficient (Wildman–Crippen LogP) is 0.364. The molecule has 1 heterocycles. The number of amides is 2. The molecule has 0 radical (unpaired) electrons. The van der Waals surface area contributed by atoms with Crippen molar-refractivity contribution in [1.29, 1.82) is 0 Å². The highest BCUT2D eigenvalue weighted by molar-refractivity contribution is 5.74. The number of urea groups is 1. The number of ether oxygens (including phenoxy) is 1. The minimum absolute atomic E-state index is 0.0980. The van der Waals surface area contributed by atoms with Gasteiger partial charge >= 0.3 is 12.0 Å². The highest BCUT2D eigenvalue weighted by Gasteiger charge is 2.02. The Bertz CT molecular complexity index is 423. The molecule has 0 saturated carbocycles. The monoisotopic (exact) mass is 253 g/mol. The first kappa shape index (κ1) is 13.8. The van der Waals surface area contributed by atoms with E-state index >= 15 is 0 Å². The van der Waals surface area contributed by atoms with Crippen molar-refractivity contribution in [2.24, 2.45) is 0 Å². The molecule has 0 aromatic carbocycles. The number of carbonyl (C=O) groups is 2. The third kappa shape index (κ3) is 5.15. The zero-order valence-corrected chi connectivity index (χ0v) is 9.97. The summed E-state index contributed by atoms with van der Waals surface area (Å²) >= 11 is 0. The molecule has 1 aromatic rings. The molecular weight excluding hydrogens is 238 g/mol. The van der Waals surface area contributed by atoms with Crippen LogP contribution >= 0.6 is 0 Å². The molecule has 0 aliphatic carbocycles. The largest absolute Gasteiger partial charge is 0.481 e. The van der Waals surface area contributed by atoms with Gasteiger partial charge in [0.2, 0.25) is 5.88 Å². The molecule has 0 spiro atoms. The molecule has 18 heavy (non-hydrogen) atoms. The van der Waals surface area contributed by atoms with Crippen LogP contribution in [0.5, 0.6) is 5.88 Å². The molecule has 0 atom stereocenters. The van der Waals surface area contributed by atoms with Gasteiger partial charge in [0.1, 0.15) is 0 Å². The molecule has 0 bridgehead atoms. The van der Waals surface area contributed by atoms with E-state index in [1.165, 1.54) is 7.11 Å². The zero-order chi connectivity index (χ0) is 13.4. The van der Waals surface area contributed by atoms with Gasteiger partial charge in [-0.3, -0.25) is 4.79 Å². The predicted molar refractivity (Wildman–Crippen MR) is 63.3 cm³/mol. The standard InChI is InChI=1S/C11H15N3O4/c1-18-9-6-8(2-4-12-9)7-14-11(17)13-5-3-10(15)16/h2,4,6H,3,5,7H2,1H3,(H,15,16)(H2,13,14,17). The SMILES string of the molecule is COc1cc(CNC(=O)NCCC(=O)O)ccn1. The molecule has 0 saturated heterocycles. The Morgan fingerprint density at radius 2 is 2.22 bits per heavy atom. The molecule has 1 aromatic heterocycles. The second-order valence-electron chi connectivity index (χ2n) is 3.46. The molecule has 98 valence electrons. The number of aromatic nitrogens is 1. The summed E-state index contributed by atoms with van der Waals surface area (Å²) in [5.74, 6) is -0.477. The van der Waals surface area contributed by atoms with Crippen molar-refractivity contribution in [2.45, 2.75) is 13.0 Å². The molecule has 3 N–H and O–H groups in total. The van der Waals surface area contributed by atoms with Gasteiger partial charge < -0.3 is 20.5 Å². The number of hydrogen-bond acceptors (Lipinski definition) is 4. The number of carbonyl (C=O) groups excluding carboxylic acids is 1. The van der Waals surface area contributed by atoms with Crippen molar-refractivity contribution in [3.8, 4) is 5.88 Å². The quantitative estimate of drug-likeness (QED) is 0.679. The summed E-state index contributed by atoms with van der Waals surface area (Å²) in [4.78, 5) is 25.5. The van der Waals surface area contributed by atoms with Gasteiger partial charge in [-0.25, -0.2) is 9.78 Å². The number of aliphatic carboxylic acids is 1. The minimum Gasteiger partial charge on any atom is -0.481 e. The molecule has 1 rings (SSSR count). The topological polar surface area (TPSA) is 101 Å². The van der Waals surface area contributed by atoms with Crippen molar-refractivity contribution >= 4 is 12.0 Å². The number of methoxy groups -OCH3 is 1. The molecule has 7 nitrogen and oxygen atoms in total. The van der Waals surface area contributed by atoms with E-state index < -0.39 is 12.0 Å². The van der Waals surface area contributed by atoms with Crippen LogP contribution < -0.4 is 15.4 Å². The Hall–Kier alpha value is -2.31. The van der Waals surface area contributed by atoms with E-state index in [2.05, 4.69) is 15.6 Å². The van der Waals surface area contributed by atoms with Crippen molar-refractivity contribution in [3.05, 3.63) is 23.9 Å². The first-order chi connectivity index (χ1) is 8.61. The lowest BCUT2D eigenvalue weighted by Gasteiger charge is -2.07. The molecule has 2 amide bonds. The Labute approximate surface area is 104 Å². The van der Waals surface area contributed by atoms with E-state index in [9.17, 15) is 9.59 Å². The van der Waals surface area contributed by atoms with Gasteiger partial charge in [-0.2, -0.15) is 0 Å². The summed E-state index contributed by atoms with van der Waals surface area (Å²) in [6.07, 6.45) is 1.48. The highest BCUT2D eigenvalue weighted by Crippen LogP contribution is 2.07. The number of rotatable bonds is 6. The lowest BCUT2D eigenvalue weighted by molar-refractivity contribution is -0.136. The summed E-state index contributed by atoms with van der Waals surface area (Å²) in [6.45, 7) is 0.415. The van der Waals surface area contributed by atoms with Gasteiger partial charge in [0, 0.05) is 25.4 Å². The summed E-state index contributed by atoms with van der Waals surface area (Å²) in [6, 6.07) is 3.05. The fourth-order valence-electron chi connectivity index (χ4n) is 1.20. The van der Waals surface area contributed by atoms with E-state index in [1.54, 1.807) is 18.3 Å². The maximum absolute atomic E-state index is 11.3. The lowest BCUT2D eigenvalue weighted by atomic mass is 10.2. The van der Waals surface area contributed by atoms with Gasteiger partial charge in [-0.15, -0.1) is 0 Å². The highest BCUT2D eigenvalue weighted by atomic mass is 16.5. The fraction of sp³-hybridized carbons (Fsp3) is 0.364. The van der Waals surface area contributed by atoms with Gasteiger partial charge in [-0.05, 0) is 11.6 Å². The number of pyridine rings is 1. The number of hydrogen-bond donors (Lipinski definition) is 3. The van der Waals surface area contributed by atoms with E-state index in [4.69, 9.17) is 9.84 Å². The maximum atomic E-state index is 11.3. The third-order valence-corrected chi connectivity index (χ3v) is 2.09. The Balaban J connectivity index is 2.31. The van der Waals surface area contributed by atoms with Crippen LogP contribution in [0.3, 0.4) is 0 Å². The molecule has 7 heteroatoms. The smallest absolute Gasteiger partial charge is 0.315 e. The van der Waals surface area contributed by atoms with Crippen molar-refractivity contribution in [2.75, 3.05) is 13.7 Å². The molecular formula is C11H15N3O4. The van der Waals surface area contributed by atoms with Gasteiger partial charge in [-0.1, -0.05) is 0 Å². The van der Waals surface area contributed by atoms with E-state index in [0.29, 0.717) is 12.4 Å². The number of nitrogens with one attached hydrogen (secondary N) is 2. The second kappa shape index (κ2) is 7.10. The van der Waals surface area contributed by atoms with Crippen LogP contribution in [0, 0.1) is 0 Å². The Kier molecular flexibility index (Phi) is 5.43. The van der Waals surface area contributed by atoms with E-state index in [-0.39, 0.29) is 13.0 Å². The van der Waals surface area contributed by atoms with Gasteiger partial charge in [0.05, 0.1) is 13.5 Å². The minimum atomic E-state index is -0.950. The first-order valence-electron chi connectivity index (χ1n) is 5.34. The van der Waals surface area contributed by atoms with Crippen LogP contribution in [0.15, 0.2) is 18.3 Å². The fourth-order valence-corrected chi connectivity index (χ4v) is 1.20. The normalized spacial score (nSPS) is 9.61. The van der Waals surface area contributed by atoms with Crippen molar-refractivity contribution < 1.29 is 19.4 Å². The maximum Gasteiger partial charge on any atom is 0.315 e. The van der Waals surface area contributed by atoms with Crippen LogP contribution in [0.1, 0.15) is 12.0 Å². The van der Waals surface area contributed by atoms with Gasteiger partial charge in [0.25, 0.3) is 0 Å². The average Bonchev–Trinajstić information content (AvgIpc) is 2.36. The number of carboxylic acids is 1. The summed E-state index contributed by atoms with van der Waals surface area (Å²) in [7, 11) is 1.51. The Morgan fingerprint density at radius 3 is 2.89 bits per heavy atom. The summed E-state index contributed by atoms with van der Waals surface area (Å²) < 4.78 is 4.95. The number of carboxylic acid groups (broad SMARTS) is 1. The van der Waals surface area contributed by atoms with Crippen LogP contribution in [-0.4, -0.2) is 35.7 Å². The van der Waals surface area contributed by atoms with Crippen LogP contribution in [0.2, 0.25) is 0 Å². The van der Waals surface area contributed by atoms with Crippen molar-refractivity contribution in [3.63, 3.8) is 0 Å². The summed E-state index contributed by atoms with van der Waals surface area (Å²) in [5.41, 5.74) is 0.843. The van der Waals surface area contributed by atoms with Crippen LogP contribution in [0.25, 0.3) is 0 Å². The second-order valence-corrected chi connectivity index (χ2v) is 3.46. The molecule has 0 unspecified atom stereocenters. The molecule has 0 aliphatic rings. The lowest BCUT2D eigenvalue weighted by Crippen LogP contribution is -2.36. The average molecular weight is 253 g/mol. The van der Waals surface area contributed by atoms with Crippen LogP contribution in [-0.2, 0) is 11.3 Å². The number of nitrogens with zero attached hydrogens (tertiary/aromatic N) is 1. The zero-order valence-electron chi connectivity index (χ0n) is 9.97. The first-order valence-corrected chi connectivity index (χ1v) is 5.34. The van der Waals surface area contributed by atoms with E-state index in [0.717, 1.165) is 5.56 Å². The Morgan fingerprint density at radius 1 is 1.44 bits per heavy atom. The molecule has 0 aliphatic heterocycles. The summed E-state index contributed by atoms with van der Waals surface area (Å²) in [5, 5.41) is 13.4. The van der Waals surface area contributed by atoms with E-state index in [1.807, 2.05) is 0 Å². The van der Waals surface area contributed by atoms with Crippen LogP contribution in [0.4, 0.5) is 4.79 Å². The molecule has 0 fully saturated rings. The third-order valence-electron chi connectivity index (χ3n) is 2.09. The van der Waals surface area contributed by atoms with Gasteiger partial charge in [0.15, 0.2) is 0 Å².